The number of para-hydroxylation sites is 1. The summed E-state index contributed by atoms with van der Waals surface area (Å²) in [5.74, 6) is 0.669. The average molecular weight is 471 g/mol. The summed E-state index contributed by atoms with van der Waals surface area (Å²) in [7, 11) is 0. The molecule has 3 N–H and O–H groups in total. The van der Waals surface area contributed by atoms with Gasteiger partial charge < -0.3 is 16.0 Å². The van der Waals surface area contributed by atoms with E-state index in [0.717, 1.165) is 48.2 Å². The maximum Gasteiger partial charge on any atom is 0.319 e. The molecule has 2 aromatic carbocycles. The Morgan fingerprint density at radius 1 is 0.886 bits per heavy atom. The van der Waals surface area contributed by atoms with Gasteiger partial charge in [-0.2, -0.15) is 0 Å². The molecule has 0 saturated heterocycles. The van der Waals surface area contributed by atoms with Crippen molar-refractivity contribution in [2.75, 3.05) is 17.2 Å². The predicted octanol–water partition coefficient (Wildman–Crippen LogP) is 7.54. The molecule has 5 heteroatoms. The molecular formula is C30H38N4O. The van der Waals surface area contributed by atoms with E-state index >= 15 is 0 Å². The van der Waals surface area contributed by atoms with Crippen molar-refractivity contribution in [3.63, 3.8) is 0 Å². The molecule has 5 nitrogen and oxygen atoms in total. The van der Waals surface area contributed by atoms with Crippen LogP contribution in [0.1, 0.15) is 76.3 Å². The van der Waals surface area contributed by atoms with Crippen molar-refractivity contribution in [3.8, 4) is 11.1 Å². The first-order valence-electron chi connectivity index (χ1n) is 12.8. The molecule has 0 aliphatic heterocycles. The molecule has 1 aromatic heterocycles. The van der Waals surface area contributed by atoms with Gasteiger partial charge in [0.1, 0.15) is 0 Å². The van der Waals surface area contributed by atoms with E-state index in [4.69, 9.17) is 0 Å². The van der Waals surface area contributed by atoms with E-state index in [1.807, 2.05) is 12.3 Å². The minimum atomic E-state index is -0.139. The minimum Gasteiger partial charge on any atom is -0.378 e. The Hall–Kier alpha value is -3.34. The Morgan fingerprint density at radius 2 is 1.54 bits per heavy atom. The fraction of sp³-hybridized carbons (Fsp3) is 0.400. The van der Waals surface area contributed by atoms with Crippen molar-refractivity contribution in [3.05, 3.63) is 78.1 Å². The molecule has 0 radical (unpaired) electrons. The van der Waals surface area contributed by atoms with E-state index in [9.17, 15) is 4.79 Å². The Morgan fingerprint density at radius 3 is 2.11 bits per heavy atom. The van der Waals surface area contributed by atoms with Gasteiger partial charge in [0, 0.05) is 30.3 Å². The third kappa shape index (κ3) is 6.02. The lowest BCUT2D eigenvalue weighted by molar-refractivity contribution is 0.249. The monoisotopic (exact) mass is 470 g/mol. The van der Waals surface area contributed by atoms with Crippen LogP contribution in [-0.2, 0) is 0 Å². The lowest BCUT2D eigenvalue weighted by atomic mass is 9.92. The van der Waals surface area contributed by atoms with Gasteiger partial charge in [0.25, 0.3) is 0 Å². The van der Waals surface area contributed by atoms with Gasteiger partial charge in [-0.25, -0.2) is 4.79 Å². The van der Waals surface area contributed by atoms with Gasteiger partial charge in [-0.05, 0) is 65.1 Å². The number of carbonyl (C=O) groups excluding carboxylic acids is 1. The number of carbonyl (C=O) groups is 1. The summed E-state index contributed by atoms with van der Waals surface area (Å²) in [6.07, 6.45) is 8.08. The van der Waals surface area contributed by atoms with Crippen LogP contribution in [0.15, 0.2) is 67.0 Å². The highest BCUT2D eigenvalue weighted by atomic mass is 16.2. The molecule has 184 valence electrons. The van der Waals surface area contributed by atoms with Gasteiger partial charge in [-0.15, -0.1) is 0 Å². The zero-order valence-corrected chi connectivity index (χ0v) is 21.4. The number of pyridine rings is 1. The lowest BCUT2D eigenvalue weighted by Crippen LogP contribution is -2.48. The topological polar surface area (TPSA) is 66.1 Å². The van der Waals surface area contributed by atoms with Crippen molar-refractivity contribution in [2.24, 2.45) is 0 Å². The van der Waals surface area contributed by atoms with E-state index in [2.05, 4.69) is 97.2 Å². The highest BCUT2D eigenvalue weighted by Crippen LogP contribution is 2.34. The maximum atomic E-state index is 13.1. The van der Waals surface area contributed by atoms with Gasteiger partial charge >= 0.3 is 6.03 Å². The smallest absolute Gasteiger partial charge is 0.319 e. The first-order chi connectivity index (χ1) is 16.9. The summed E-state index contributed by atoms with van der Waals surface area (Å²) in [6, 6.07) is 18.7. The van der Waals surface area contributed by atoms with E-state index in [1.54, 1.807) is 6.20 Å². The van der Waals surface area contributed by atoms with Gasteiger partial charge in [-0.3, -0.25) is 4.98 Å². The van der Waals surface area contributed by atoms with Crippen LogP contribution in [0.3, 0.4) is 0 Å². The molecule has 1 saturated carbocycles. The zero-order chi connectivity index (χ0) is 24.8. The standard InChI is InChI=1S/C30H38N4O/c1-21(2)26-10-7-11-27(22(3)4)28(26)33-29(35)32-20-30(16-5-6-17-30)34-25-14-12-23(13-15-25)24-9-8-18-31-19-24/h7-15,18-19,21-22,34H,5-6,16-17,20H2,1-4H3,(H2,32,33,35). The largest absolute Gasteiger partial charge is 0.378 e. The van der Waals surface area contributed by atoms with Crippen LogP contribution in [0.5, 0.6) is 0 Å². The van der Waals surface area contributed by atoms with Crippen LogP contribution in [0, 0.1) is 0 Å². The fourth-order valence-electron chi connectivity index (χ4n) is 5.09. The van der Waals surface area contributed by atoms with Crippen molar-refractivity contribution < 1.29 is 4.79 Å². The molecule has 0 bridgehead atoms. The molecule has 4 rings (SSSR count). The average Bonchev–Trinajstić information content (AvgIpc) is 3.32. The van der Waals surface area contributed by atoms with Gasteiger partial charge in [0.15, 0.2) is 0 Å². The van der Waals surface area contributed by atoms with Crippen LogP contribution >= 0.6 is 0 Å². The van der Waals surface area contributed by atoms with Crippen LogP contribution < -0.4 is 16.0 Å². The Balaban J connectivity index is 1.44. The van der Waals surface area contributed by atoms with Crippen LogP contribution in [-0.4, -0.2) is 23.1 Å². The summed E-state index contributed by atoms with van der Waals surface area (Å²) in [6.45, 7) is 9.25. The lowest BCUT2D eigenvalue weighted by Gasteiger charge is -2.32. The maximum absolute atomic E-state index is 13.1. The zero-order valence-electron chi connectivity index (χ0n) is 21.4. The van der Waals surface area contributed by atoms with Crippen molar-refractivity contribution >= 4 is 17.4 Å². The molecule has 1 aliphatic carbocycles. The molecule has 1 heterocycles. The third-order valence-electron chi connectivity index (χ3n) is 7.05. The molecule has 1 fully saturated rings. The Labute approximate surface area is 209 Å². The summed E-state index contributed by atoms with van der Waals surface area (Å²) >= 11 is 0. The Bertz CT molecular complexity index is 1090. The molecule has 1 aliphatic rings. The SMILES string of the molecule is CC(C)c1cccc(C(C)C)c1NC(=O)NCC1(Nc2ccc(-c3cccnc3)cc2)CCCC1. The number of benzene rings is 2. The molecule has 2 amide bonds. The number of amides is 2. The molecule has 0 spiro atoms. The number of urea groups is 1. The minimum absolute atomic E-state index is 0.133. The van der Waals surface area contributed by atoms with Crippen molar-refractivity contribution in [1.29, 1.82) is 0 Å². The number of hydrogen-bond donors (Lipinski definition) is 3. The van der Waals surface area contributed by atoms with E-state index < -0.39 is 0 Å². The molecule has 0 unspecified atom stereocenters. The fourth-order valence-corrected chi connectivity index (χ4v) is 5.09. The number of rotatable bonds is 8. The molecular weight excluding hydrogens is 432 g/mol. The number of anilines is 2. The number of nitrogens with one attached hydrogen (secondary N) is 3. The highest BCUT2D eigenvalue weighted by Gasteiger charge is 2.34. The molecule has 35 heavy (non-hydrogen) atoms. The van der Waals surface area contributed by atoms with Crippen LogP contribution in [0.25, 0.3) is 11.1 Å². The second-order valence-corrected chi connectivity index (χ2v) is 10.4. The Kier molecular flexibility index (Phi) is 7.74. The first-order valence-corrected chi connectivity index (χ1v) is 12.8. The van der Waals surface area contributed by atoms with E-state index in [-0.39, 0.29) is 11.6 Å². The van der Waals surface area contributed by atoms with E-state index in [1.165, 1.54) is 11.1 Å². The normalized spacial score (nSPS) is 14.8. The third-order valence-corrected chi connectivity index (χ3v) is 7.05. The number of nitrogens with zero attached hydrogens (tertiary/aromatic N) is 1. The van der Waals surface area contributed by atoms with Crippen LogP contribution in [0.2, 0.25) is 0 Å². The highest BCUT2D eigenvalue weighted by molar-refractivity contribution is 5.91. The predicted molar refractivity (Wildman–Crippen MR) is 146 cm³/mol. The van der Waals surface area contributed by atoms with Crippen molar-refractivity contribution in [2.45, 2.75) is 70.8 Å². The quantitative estimate of drug-likeness (QED) is 0.318. The molecule has 0 atom stereocenters. The van der Waals surface area contributed by atoms with Crippen LogP contribution in [0.4, 0.5) is 16.2 Å². The summed E-state index contributed by atoms with van der Waals surface area (Å²) in [5.41, 5.74) is 6.50. The van der Waals surface area contributed by atoms with Gasteiger partial charge in [0.2, 0.25) is 0 Å². The second kappa shape index (κ2) is 10.9. The van der Waals surface area contributed by atoms with Crippen molar-refractivity contribution in [1.82, 2.24) is 10.3 Å². The summed E-state index contributed by atoms with van der Waals surface area (Å²) < 4.78 is 0. The van der Waals surface area contributed by atoms with E-state index in [0.29, 0.717) is 18.4 Å². The second-order valence-electron chi connectivity index (χ2n) is 10.4. The summed E-state index contributed by atoms with van der Waals surface area (Å²) in [5, 5.41) is 10.1. The molecule has 3 aromatic rings. The number of aromatic nitrogens is 1. The van der Waals surface area contributed by atoms with Gasteiger partial charge in [-0.1, -0.05) is 76.9 Å². The summed E-state index contributed by atoms with van der Waals surface area (Å²) in [4.78, 5) is 17.3. The number of hydrogen-bond acceptors (Lipinski definition) is 3. The van der Waals surface area contributed by atoms with Gasteiger partial charge in [0.05, 0.1) is 5.54 Å². The first kappa shape index (κ1) is 24.8.